The van der Waals surface area contributed by atoms with Gasteiger partial charge in [-0.3, -0.25) is 9.59 Å². The Morgan fingerprint density at radius 1 is 1.14 bits per heavy atom. The first-order valence-corrected chi connectivity index (χ1v) is 9.30. The zero-order chi connectivity index (χ0) is 20.3. The van der Waals surface area contributed by atoms with Crippen molar-refractivity contribution in [2.75, 3.05) is 11.9 Å². The summed E-state index contributed by atoms with van der Waals surface area (Å²) in [5.74, 6) is -2.87. The number of hydrogen-bond donors (Lipinski definition) is 2. The molecule has 0 unspecified atom stereocenters. The van der Waals surface area contributed by atoms with Gasteiger partial charge in [-0.25, -0.2) is 13.8 Å². The summed E-state index contributed by atoms with van der Waals surface area (Å²) in [4.78, 5) is 29.1. The second-order valence-electron chi connectivity index (χ2n) is 5.76. The van der Waals surface area contributed by atoms with Crippen LogP contribution in [0.15, 0.2) is 42.5 Å². The number of benzene rings is 2. The lowest BCUT2D eigenvalue weighted by atomic mass is 10.1. The standard InChI is InChI=1S/C19H14ClF2N3O2S/c1-10-17(11-6-7-14(21)15(22)8-11)25-19(28-10)24-16(26)9-23-18(27)12-4-2-3-5-13(12)20/h2-8H,9H2,1H3,(H,23,27)(H,24,25,26). The molecule has 3 aromatic rings. The Morgan fingerprint density at radius 2 is 1.89 bits per heavy atom. The van der Waals surface area contributed by atoms with Crippen LogP contribution in [0.25, 0.3) is 11.3 Å². The van der Waals surface area contributed by atoms with Gasteiger partial charge in [0, 0.05) is 10.4 Å². The molecule has 1 aromatic heterocycles. The minimum atomic E-state index is -0.974. The van der Waals surface area contributed by atoms with Crippen LogP contribution in [0.4, 0.5) is 13.9 Å². The number of aryl methyl sites for hydroxylation is 1. The third kappa shape index (κ3) is 4.52. The maximum Gasteiger partial charge on any atom is 0.253 e. The van der Waals surface area contributed by atoms with E-state index < -0.39 is 23.4 Å². The van der Waals surface area contributed by atoms with Crippen molar-refractivity contribution >= 4 is 39.9 Å². The lowest BCUT2D eigenvalue weighted by Gasteiger charge is -2.06. The molecule has 0 aliphatic heterocycles. The topological polar surface area (TPSA) is 71.1 Å². The molecule has 0 aliphatic carbocycles. The zero-order valence-electron chi connectivity index (χ0n) is 14.6. The number of carbonyl (C=O) groups is 2. The summed E-state index contributed by atoms with van der Waals surface area (Å²) >= 11 is 7.13. The predicted octanol–water partition coefficient (Wildman–Crippen LogP) is 4.42. The number of halogens is 3. The number of aromatic nitrogens is 1. The van der Waals surface area contributed by atoms with E-state index in [0.717, 1.165) is 17.0 Å². The molecule has 2 N–H and O–H groups in total. The molecule has 0 fully saturated rings. The number of rotatable bonds is 5. The van der Waals surface area contributed by atoms with E-state index in [1.807, 2.05) is 0 Å². The number of carbonyl (C=O) groups excluding carboxylic acids is 2. The van der Waals surface area contributed by atoms with Crippen molar-refractivity contribution in [2.24, 2.45) is 0 Å². The van der Waals surface area contributed by atoms with Crippen LogP contribution in [0.1, 0.15) is 15.2 Å². The number of hydrogen-bond acceptors (Lipinski definition) is 4. The van der Waals surface area contributed by atoms with Gasteiger partial charge in [-0.1, -0.05) is 23.7 Å². The fraction of sp³-hybridized carbons (Fsp3) is 0.105. The molecule has 9 heteroatoms. The lowest BCUT2D eigenvalue weighted by Crippen LogP contribution is -2.32. The van der Waals surface area contributed by atoms with Crippen LogP contribution in [-0.2, 0) is 4.79 Å². The highest BCUT2D eigenvalue weighted by Gasteiger charge is 2.15. The van der Waals surface area contributed by atoms with Gasteiger partial charge in [0.05, 0.1) is 22.8 Å². The smallest absolute Gasteiger partial charge is 0.253 e. The van der Waals surface area contributed by atoms with Crippen LogP contribution in [-0.4, -0.2) is 23.3 Å². The largest absolute Gasteiger partial charge is 0.343 e. The second kappa shape index (κ2) is 8.45. The second-order valence-corrected chi connectivity index (χ2v) is 7.37. The van der Waals surface area contributed by atoms with Crippen LogP contribution in [0, 0.1) is 18.6 Å². The molecule has 0 bridgehead atoms. The van der Waals surface area contributed by atoms with Crippen LogP contribution < -0.4 is 10.6 Å². The molecule has 28 heavy (non-hydrogen) atoms. The fourth-order valence-electron chi connectivity index (χ4n) is 2.43. The third-order valence-electron chi connectivity index (χ3n) is 3.76. The Hall–Kier alpha value is -2.84. The molecule has 2 aromatic carbocycles. The molecular formula is C19H14ClF2N3O2S. The molecule has 3 rings (SSSR count). The SMILES string of the molecule is Cc1sc(NC(=O)CNC(=O)c2ccccc2Cl)nc1-c1ccc(F)c(F)c1. The Morgan fingerprint density at radius 3 is 2.61 bits per heavy atom. The highest BCUT2D eigenvalue weighted by atomic mass is 35.5. The number of nitrogens with one attached hydrogen (secondary N) is 2. The van der Waals surface area contributed by atoms with E-state index in [4.69, 9.17) is 11.6 Å². The monoisotopic (exact) mass is 421 g/mol. The van der Waals surface area contributed by atoms with Crippen molar-refractivity contribution in [3.8, 4) is 11.3 Å². The van der Waals surface area contributed by atoms with Crippen LogP contribution in [0.5, 0.6) is 0 Å². The van der Waals surface area contributed by atoms with Gasteiger partial charge >= 0.3 is 0 Å². The highest BCUT2D eigenvalue weighted by Crippen LogP contribution is 2.31. The number of anilines is 1. The molecule has 0 saturated carbocycles. The van der Waals surface area contributed by atoms with E-state index in [1.54, 1.807) is 31.2 Å². The van der Waals surface area contributed by atoms with E-state index in [0.29, 0.717) is 11.3 Å². The quantitative estimate of drug-likeness (QED) is 0.640. The normalized spacial score (nSPS) is 10.6. The molecule has 0 aliphatic rings. The summed E-state index contributed by atoms with van der Waals surface area (Å²) < 4.78 is 26.5. The Kier molecular flexibility index (Phi) is 6.01. The van der Waals surface area contributed by atoms with Gasteiger partial charge in [0.1, 0.15) is 0 Å². The summed E-state index contributed by atoms with van der Waals surface area (Å²) in [5, 5.41) is 5.62. The summed E-state index contributed by atoms with van der Waals surface area (Å²) in [6.45, 7) is 1.48. The van der Waals surface area contributed by atoms with Gasteiger partial charge in [-0.05, 0) is 37.3 Å². The first-order valence-electron chi connectivity index (χ1n) is 8.10. The van der Waals surface area contributed by atoms with Gasteiger partial charge in [0.2, 0.25) is 5.91 Å². The molecule has 144 valence electrons. The maximum absolute atomic E-state index is 13.4. The Bertz CT molecular complexity index is 1060. The number of nitrogens with zero attached hydrogens (tertiary/aromatic N) is 1. The van der Waals surface area contributed by atoms with Gasteiger partial charge in [-0.2, -0.15) is 0 Å². The molecule has 1 heterocycles. The fourth-order valence-corrected chi connectivity index (χ4v) is 3.50. The van der Waals surface area contributed by atoms with Crippen molar-refractivity contribution < 1.29 is 18.4 Å². The molecule has 0 radical (unpaired) electrons. The van der Waals surface area contributed by atoms with Crippen molar-refractivity contribution in [3.63, 3.8) is 0 Å². The van der Waals surface area contributed by atoms with Crippen LogP contribution >= 0.6 is 22.9 Å². The molecule has 5 nitrogen and oxygen atoms in total. The first kappa shape index (κ1) is 19.9. The van der Waals surface area contributed by atoms with Gasteiger partial charge in [0.15, 0.2) is 16.8 Å². The van der Waals surface area contributed by atoms with Crippen molar-refractivity contribution in [1.29, 1.82) is 0 Å². The van der Waals surface area contributed by atoms with E-state index in [2.05, 4.69) is 15.6 Å². The third-order valence-corrected chi connectivity index (χ3v) is 4.98. The number of thiazole rings is 1. The molecule has 0 atom stereocenters. The maximum atomic E-state index is 13.4. The van der Waals surface area contributed by atoms with Gasteiger partial charge < -0.3 is 10.6 Å². The van der Waals surface area contributed by atoms with Crippen molar-refractivity contribution in [1.82, 2.24) is 10.3 Å². The molecule has 2 amide bonds. The average molecular weight is 422 g/mol. The number of amides is 2. The van der Waals surface area contributed by atoms with E-state index in [1.165, 1.54) is 17.4 Å². The van der Waals surface area contributed by atoms with E-state index in [9.17, 15) is 18.4 Å². The summed E-state index contributed by atoms with van der Waals surface area (Å²) in [5.41, 5.74) is 1.11. The van der Waals surface area contributed by atoms with Crippen molar-refractivity contribution in [3.05, 3.63) is 69.6 Å². The average Bonchev–Trinajstić information content (AvgIpc) is 3.02. The minimum absolute atomic E-state index is 0.266. The zero-order valence-corrected chi connectivity index (χ0v) is 16.1. The summed E-state index contributed by atoms with van der Waals surface area (Å²) in [6.07, 6.45) is 0. The van der Waals surface area contributed by atoms with E-state index >= 15 is 0 Å². The minimum Gasteiger partial charge on any atom is -0.343 e. The highest BCUT2D eigenvalue weighted by molar-refractivity contribution is 7.16. The predicted molar refractivity (Wildman–Crippen MR) is 105 cm³/mol. The van der Waals surface area contributed by atoms with E-state index in [-0.39, 0.29) is 22.3 Å². The molecule has 0 saturated heterocycles. The van der Waals surface area contributed by atoms with Gasteiger partial charge in [0.25, 0.3) is 5.91 Å². The summed E-state index contributed by atoms with van der Waals surface area (Å²) in [7, 11) is 0. The first-order chi connectivity index (χ1) is 13.3. The Labute approximate surface area is 168 Å². The summed E-state index contributed by atoms with van der Waals surface area (Å²) in [6, 6.07) is 9.97. The Balaban J connectivity index is 1.64. The van der Waals surface area contributed by atoms with Gasteiger partial charge in [-0.15, -0.1) is 11.3 Å². The lowest BCUT2D eigenvalue weighted by molar-refractivity contribution is -0.115. The van der Waals surface area contributed by atoms with Crippen LogP contribution in [0.3, 0.4) is 0 Å². The molecular weight excluding hydrogens is 408 g/mol. The van der Waals surface area contributed by atoms with Crippen LogP contribution in [0.2, 0.25) is 5.02 Å². The molecule has 0 spiro atoms. The van der Waals surface area contributed by atoms with Crippen molar-refractivity contribution in [2.45, 2.75) is 6.92 Å².